The molecule has 0 unspecified atom stereocenters. The van der Waals surface area contributed by atoms with Gasteiger partial charge in [0.15, 0.2) is 5.82 Å². The molecule has 206 valence electrons. The Morgan fingerprint density at radius 1 is 1.00 bits per heavy atom. The summed E-state index contributed by atoms with van der Waals surface area (Å²) >= 11 is 6.46. The first-order chi connectivity index (χ1) is 18.5. The molecule has 4 rings (SSSR count). The third-order valence-corrected chi connectivity index (χ3v) is 6.20. The van der Waals surface area contributed by atoms with Gasteiger partial charge in [0.25, 0.3) is 0 Å². The van der Waals surface area contributed by atoms with Crippen molar-refractivity contribution in [3.63, 3.8) is 0 Å². The van der Waals surface area contributed by atoms with Crippen molar-refractivity contribution in [2.45, 2.75) is 12.7 Å². The molecular formula is C26H28ClF3N8O. The van der Waals surface area contributed by atoms with Crippen molar-refractivity contribution in [1.29, 1.82) is 0 Å². The number of benzene rings is 2. The molecule has 9 nitrogen and oxygen atoms in total. The molecule has 0 saturated heterocycles. The topological polar surface area (TPSA) is 91.3 Å². The number of ether oxygens (including phenoxy) is 1. The monoisotopic (exact) mass is 560 g/mol. The molecule has 0 spiro atoms. The third-order valence-electron chi connectivity index (χ3n) is 5.87. The maximum atomic E-state index is 13.4. The average molecular weight is 561 g/mol. The molecular weight excluding hydrogens is 533 g/mol. The van der Waals surface area contributed by atoms with Gasteiger partial charge < -0.3 is 25.2 Å². The van der Waals surface area contributed by atoms with Crippen LogP contribution in [0.4, 0.5) is 36.3 Å². The molecule has 0 aliphatic rings. The van der Waals surface area contributed by atoms with Gasteiger partial charge >= 0.3 is 6.18 Å². The summed E-state index contributed by atoms with van der Waals surface area (Å²) in [6.07, 6.45) is -1.49. The number of rotatable bonds is 10. The maximum absolute atomic E-state index is 13.4. The van der Waals surface area contributed by atoms with Crippen molar-refractivity contribution >= 4 is 45.8 Å². The van der Waals surface area contributed by atoms with Crippen molar-refractivity contribution in [3.8, 4) is 5.75 Å². The number of nitrogens with one attached hydrogen (secondary N) is 2. The zero-order valence-corrected chi connectivity index (χ0v) is 22.6. The van der Waals surface area contributed by atoms with Gasteiger partial charge in [0.1, 0.15) is 23.1 Å². The van der Waals surface area contributed by atoms with Crippen LogP contribution >= 0.6 is 11.6 Å². The van der Waals surface area contributed by atoms with Crippen LogP contribution in [0, 0.1) is 0 Å². The van der Waals surface area contributed by atoms with E-state index >= 15 is 0 Å². The molecule has 0 aliphatic carbocycles. The highest BCUT2D eigenvalue weighted by molar-refractivity contribution is 6.33. The Morgan fingerprint density at radius 2 is 1.79 bits per heavy atom. The second-order valence-corrected chi connectivity index (χ2v) is 9.46. The highest BCUT2D eigenvalue weighted by Gasteiger charge is 2.34. The first-order valence-electron chi connectivity index (χ1n) is 11.9. The molecule has 0 radical (unpaired) electrons. The minimum atomic E-state index is -4.54. The van der Waals surface area contributed by atoms with E-state index in [9.17, 15) is 13.2 Å². The number of hydrogen-bond acceptors (Lipinski definition) is 9. The highest BCUT2D eigenvalue weighted by Crippen LogP contribution is 2.38. The second-order valence-electron chi connectivity index (χ2n) is 9.06. The summed E-state index contributed by atoms with van der Waals surface area (Å²) in [4.78, 5) is 21.7. The van der Waals surface area contributed by atoms with Crippen LogP contribution in [0.3, 0.4) is 0 Å². The predicted octanol–water partition coefficient (Wildman–Crippen LogP) is 5.45. The first kappa shape index (κ1) is 28.1. The van der Waals surface area contributed by atoms with E-state index in [2.05, 4.69) is 35.5 Å². The van der Waals surface area contributed by atoms with Gasteiger partial charge in [-0.1, -0.05) is 17.7 Å². The van der Waals surface area contributed by atoms with Crippen molar-refractivity contribution in [3.05, 3.63) is 65.1 Å². The van der Waals surface area contributed by atoms with Crippen LogP contribution < -0.4 is 20.3 Å². The summed E-state index contributed by atoms with van der Waals surface area (Å²) < 4.78 is 45.0. The molecule has 0 amide bonds. The second kappa shape index (κ2) is 11.9. The van der Waals surface area contributed by atoms with E-state index in [1.54, 1.807) is 24.4 Å². The third kappa shape index (κ3) is 6.95. The van der Waals surface area contributed by atoms with Crippen LogP contribution in [0.1, 0.15) is 11.1 Å². The van der Waals surface area contributed by atoms with E-state index < -0.39 is 11.7 Å². The maximum Gasteiger partial charge on any atom is 0.420 e. The number of aromatic nitrogens is 4. The molecule has 2 aromatic heterocycles. The molecule has 2 heterocycles. The molecule has 39 heavy (non-hydrogen) atoms. The molecule has 0 bridgehead atoms. The molecule has 0 saturated carbocycles. The molecule has 4 aromatic rings. The van der Waals surface area contributed by atoms with Crippen LogP contribution in [-0.2, 0) is 12.7 Å². The highest BCUT2D eigenvalue weighted by atomic mass is 35.5. The first-order valence-corrected chi connectivity index (χ1v) is 12.3. The van der Waals surface area contributed by atoms with Crippen LogP contribution in [0.25, 0.3) is 11.0 Å². The van der Waals surface area contributed by atoms with Gasteiger partial charge in [-0.25, -0.2) is 19.9 Å². The Balaban J connectivity index is 1.55. The van der Waals surface area contributed by atoms with E-state index in [4.69, 9.17) is 16.3 Å². The summed E-state index contributed by atoms with van der Waals surface area (Å²) in [6, 6.07) is 9.12. The fraction of sp³-hybridized carbons (Fsp3) is 0.308. The lowest BCUT2D eigenvalue weighted by molar-refractivity contribution is -0.138. The van der Waals surface area contributed by atoms with Gasteiger partial charge in [-0.3, -0.25) is 0 Å². The normalized spacial score (nSPS) is 11.6. The molecule has 0 atom stereocenters. The average Bonchev–Trinajstić information content (AvgIpc) is 2.91. The Hall–Kier alpha value is -3.90. The lowest BCUT2D eigenvalue weighted by Crippen LogP contribution is -2.29. The molecule has 2 N–H and O–H groups in total. The summed E-state index contributed by atoms with van der Waals surface area (Å²) in [6.45, 7) is 1.82. The van der Waals surface area contributed by atoms with Crippen LogP contribution in [0.2, 0.25) is 5.02 Å². The van der Waals surface area contributed by atoms with Crippen molar-refractivity contribution < 1.29 is 17.9 Å². The molecule has 13 heteroatoms. The van der Waals surface area contributed by atoms with E-state index in [-0.39, 0.29) is 12.3 Å². The number of alkyl halides is 3. The fourth-order valence-corrected chi connectivity index (χ4v) is 3.88. The molecule has 2 aromatic carbocycles. The predicted molar refractivity (Wildman–Crippen MR) is 147 cm³/mol. The van der Waals surface area contributed by atoms with E-state index in [0.717, 1.165) is 24.7 Å². The van der Waals surface area contributed by atoms with Gasteiger partial charge in [-0.2, -0.15) is 13.2 Å². The standard InChI is InChI=1S/C26H28ClF3N8O/c1-37(2)9-10-38(3)25-32-14-21-23(36-25)24(34-15-33-21)35-20-11-16(5-7-19(20)27)13-31-17-6-8-22(39-4)18(12-17)26(28,29)30/h5-8,11-12,14-15,31H,9-10,13H2,1-4H3,(H,33,34,35). The fourth-order valence-electron chi connectivity index (χ4n) is 3.72. The van der Waals surface area contributed by atoms with E-state index in [1.807, 2.05) is 26.0 Å². The van der Waals surface area contributed by atoms with Gasteiger partial charge in [0.2, 0.25) is 5.95 Å². The quantitative estimate of drug-likeness (QED) is 0.262. The minimum Gasteiger partial charge on any atom is -0.496 e. The zero-order chi connectivity index (χ0) is 28.2. The smallest absolute Gasteiger partial charge is 0.420 e. The lowest BCUT2D eigenvalue weighted by atomic mass is 10.1. The van der Waals surface area contributed by atoms with E-state index in [1.165, 1.54) is 25.6 Å². The summed E-state index contributed by atoms with van der Waals surface area (Å²) in [5.41, 5.74) is 1.88. The molecule has 0 fully saturated rings. The Labute approximate surface area is 229 Å². The van der Waals surface area contributed by atoms with Crippen molar-refractivity contribution in [1.82, 2.24) is 24.8 Å². The molecule has 0 aliphatic heterocycles. The minimum absolute atomic E-state index is 0.237. The van der Waals surface area contributed by atoms with Gasteiger partial charge in [-0.05, 0) is 50.0 Å². The summed E-state index contributed by atoms with van der Waals surface area (Å²) in [5.74, 6) is 0.740. The summed E-state index contributed by atoms with van der Waals surface area (Å²) in [7, 11) is 7.11. The lowest BCUT2D eigenvalue weighted by Gasteiger charge is -2.20. The Morgan fingerprint density at radius 3 is 2.51 bits per heavy atom. The van der Waals surface area contributed by atoms with Crippen LogP contribution in [0.15, 0.2) is 48.9 Å². The number of methoxy groups -OCH3 is 1. The number of halogens is 4. The largest absolute Gasteiger partial charge is 0.496 e. The van der Waals surface area contributed by atoms with E-state index in [0.29, 0.717) is 39.2 Å². The number of nitrogens with zero attached hydrogens (tertiary/aromatic N) is 6. The zero-order valence-electron chi connectivity index (χ0n) is 21.8. The number of likely N-dealkylation sites (N-methyl/N-ethyl adjacent to an activating group) is 2. The van der Waals surface area contributed by atoms with Gasteiger partial charge in [0, 0.05) is 32.4 Å². The van der Waals surface area contributed by atoms with Crippen molar-refractivity contribution in [2.24, 2.45) is 0 Å². The SMILES string of the molecule is COc1ccc(NCc2ccc(Cl)c(Nc3ncnc4cnc(N(C)CCN(C)C)nc34)c2)cc1C(F)(F)F. The van der Waals surface area contributed by atoms with Gasteiger partial charge in [-0.15, -0.1) is 0 Å². The number of anilines is 4. The van der Waals surface area contributed by atoms with Gasteiger partial charge in [0.05, 0.1) is 29.6 Å². The van der Waals surface area contributed by atoms with Crippen LogP contribution in [-0.4, -0.2) is 66.2 Å². The van der Waals surface area contributed by atoms with Crippen LogP contribution in [0.5, 0.6) is 5.75 Å². The summed E-state index contributed by atoms with van der Waals surface area (Å²) in [5, 5.41) is 6.68. The Kier molecular flexibility index (Phi) is 8.56. The Bertz CT molecular complexity index is 1450. The number of hydrogen-bond donors (Lipinski definition) is 2. The van der Waals surface area contributed by atoms with Crippen molar-refractivity contribution in [2.75, 3.05) is 56.9 Å². The number of fused-ring (bicyclic) bond motifs is 1.